The number of methoxy groups -OCH3 is 1. The molecule has 21 heavy (non-hydrogen) atoms. The minimum absolute atomic E-state index is 0.0298. The summed E-state index contributed by atoms with van der Waals surface area (Å²) < 4.78 is 4.73. The lowest BCUT2D eigenvalue weighted by molar-refractivity contribution is -0.148. The molecule has 6 heteroatoms. The van der Waals surface area contributed by atoms with Crippen molar-refractivity contribution in [3.63, 3.8) is 0 Å². The van der Waals surface area contributed by atoms with E-state index >= 15 is 0 Å². The van der Waals surface area contributed by atoms with Crippen molar-refractivity contribution < 1.29 is 19.1 Å². The van der Waals surface area contributed by atoms with Crippen LogP contribution in [0.1, 0.15) is 40.0 Å². The van der Waals surface area contributed by atoms with Crippen LogP contribution in [0, 0.1) is 11.3 Å². The van der Waals surface area contributed by atoms with Crippen molar-refractivity contribution in [2.24, 2.45) is 11.3 Å². The molecule has 0 spiro atoms. The van der Waals surface area contributed by atoms with E-state index in [1.807, 2.05) is 20.8 Å². The first-order valence-corrected chi connectivity index (χ1v) is 7.39. The smallest absolute Gasteiger partial charge is 0.310 e. The van der Waals surface area contributed by atoms with Crippen molar-refractivity contribution in [1.82, 2.24) is 10.2 Å². The summed E-state index contributed by atoms with van der Waals surface area (Å²) >= 11 is 0. The Morgan fingerprint density at radius 1 is 1.29 bits per heavy atom. The third-order valence-electron chi connectivity index (χ3n) is 3.61. The first kappa shape index (κ1) is 17.5. The van der Waals surface area contributed by atoms with Crippen LogP contribution >= 0.6 is 0 Å². The normalized spacial score (nSPS) is 19.0. The Bertz CT molecular complexity index is 401. The number of likely N-dealkylation sites (tertiary alicyclic amines) is 1. The highest BCUT2D eigenvalue weighted by atomic mass is 16.5. The van der Waals surface area contributed by atoms with E-state index in [4.69, 9.17) is 4.74 Å². The molecule has 1 unspecified atom stereocenters. The number of piperidine rings is 1. The topological polar surface area (TPSA) is 75.7 Å². The molecule has 1 atom stereocenters. The van der Waals surface area contributed by atoms with E-state index in [-0.39, 0.29) is 30.1 Å². The third-order valence-corrected chi connectivity index (χ3v) is 3.61. The predicted molar refractivity (Wildman–Crippen MR) is 78.4 cm³/mol. The van der Waals surface area contributed by atoms with Crippen LogP contribution in [0.3, 0.4) is 0 Å². The van der Waals surface area contributed by atoms with Crippen molar-refractivity contribution in [1.29, 1.82) is 0 Å². The van der Waals surface area contributed by atoms with Crippen LogP contribution in [0.2, 0.25) is 0 Å². The molecule has 1 aliphatic heterocycles. The molecule has 0 radical (unpaired) electrons. The van der Waals surface area contributed by atoms with Gasteiger partial charge >= 0.3 is 5.97 Å². The summed E-state index contributed by atoms with van der Waals surface area (Å²) in [4.78, 5) is 37.0. The quantitative estimate of drug-likeness (QED) is 0.784. The van der Waals surface area contributed by atoms with Gasteiger partial charge in [-0.15, -0.1) is 0 Å². The Morgan fingerprint density at radius 2 is 1.95 bits per heavy atom. The van der Waals surface area contributed by atoms with Crippen molar-refractivity contribution in [2.75, 3.05) is 26.7 Å². The van der Waals surface area contributed by atoms with Gasteiger partial charge in [-0.25, -0.2) is 0 Å². The summed E-state index contributed by atoms with van der Waals surface area (Å²) in [5, 5.41) is 2.76. The molecule has 0 aliphatic carbocycles. The molecule has 6 nitrogen and oxygen atoms in total. The highest BCUT2D eigenvalue weighted by molar-refractivity contribution is 5.82. The first-order chi connectivity index (χ1) is 9.75. The Balaban J connectivity index is 2.38. The second-order valence-corrected chi connectivity index (χ2v) is 6.46. The molecule has 0 aromatic rings. The van der Waals surface area contributed by atoms with Crippen LogP contribution < -0.4 is 5.32 Å². The summed E-state index contributed by atoms with van der Waals surface area (Å²) in [5.74, 6) is -0.579. The summed E-state index contributed by atoms with van der Waals surface area (Å²) in [7, 11) is 1.37. The molecule has 2 amide bonds. The van der Waals surface area contributed by atoms with Crippen molar-refractivity contribution in [3.05, 3.63) is 0 Å². The van der Waals surface area contributed by atoms with Gasteiger partial charge in [0, 0.05) is 31.5 Å². The van der Waals surface area contributed by atoms with Gasteiger partial charge in [0.1, 0.15) is 0 Å². The molecule has 1 N–H and O–H groups in total. The zero-order valence-corrected chi connectivity index (χ0v) is 13.4. The minimum atomic E-state index is -0.454. The SMILES string of the molecule is COC(=O)C1CCCN(C(=O)CCNC(=O)C(C)(C)C)C1. The third kappa shape index (κ3) is 5.36. The number of nitrogens with zero attached hydrogens (tertiary/aromatic N) is 1. The van der Waals surface area contributed by atoms with Crippen LogP contribution in [0.25, 0.3) is 0 Å². The van der Waals surface area contributed by atoms with Gasteiger partial charge in [-0.05, 0) is 12.8 Å². The highest BCUT2D eigenvalue weighted by Crippen LogP contribution is 2.18. The van der Waals surface area contributed by atoms with Crippen LogP contribution in [0.4, 0.5) is 0 Å². The molecular formula is C15H26N2O4. The maximum absolute atomic E-state index is 12.1. The number of carbonyl (C=O) groups excluding carboxylic acids is 3. The van der Waals surface area contributed by atoms with Crippen LogP contribution in [0.5, 0.6) is 0 Å². The highest BCUT2D eigenvalue weighted by Gasteiger charge is 2.29. The molecule has 0 bridgehead atoms. The zero-order chi connectivity index (χ0) is 16.0. The Kier molecular flexibility index (Phi) is 6.18. The molecule has 1 rings (SSSR count). The molecule has 0 saturated carbocycles. The Morgan fingerprint density at radius 3 is 2.52 bits per heavy atom. The number of nitrogens with one attached hydrogen (secondary N) is 1. The van der Waals surface area contributed by atoms with E-state index in [1.54, 1.807) is 4.90 Å². The molecule has 0 aromatic carbocycles. The van der Waals surface area contributed by atoms with E-state index in [2.05, 4.69) is 5.32 Å². The Labute approximate surface area is 126 Å². The molecular weight excluding hydrogens is 272 g/mol. The van der Waals surface area contributed by atoms with Crippen molar-refractivity contribution >= 4 is 17.8 Å². The maximum atomic E-state index is 12.1. The monoisotopic (exact) mass is 298 g/mol. The van der Waals surface area contributed by atoms with E-state index in [0.717, 1.165) is 12.8 Å². The van der Waals surface area contributed by atoms with Gasteiger partial charge in [0.15, 0.2) is 0 Å². The van der Waals surface area contributed by atoms with E-state index in [1.165, 1.54) is 7.11 Å². The van der Waals surface area contributed by atoms with Gasteiger partial charge in [0.25, 0.3) is 0 Å². The van der Waals surface area contributed by atoms with Gasteiger partial charge in [-0.1, -0.05) is 20.8 Å². The maximum Gasteiger partial charge on any atom is 0.310 e. The molecule has 0 aromatic heterocycles. The summed E-state index contributed by atoms with van der Waals surface area (Å²) in [6.07, 6.45) is 1.83. The summed E-state index contributed by atoms with van der Waals surface area (Å²) in [5.41, 5.74) is -0.454. The van der Waals surface area contributed by atoms with Gasteiger partial charge in [0.2, 0.25) is 11.8 Å². The van der Waals surface area contributed by atoms with Crippen LogP contribution in [-0.4, -0.2) is 49.4 Å². The molecule has 1 saturated heterocycles. The number of rotatable bonds is 4. The van der Waals surface area contributed by atoms with Crippen LogP contribution in [0.15, 0.2) is 0 Å². The van der Waals surface area contributed by atoms with E-state index < -0.39 is 5.41 Å². The van der Waals surface area contributed by atoms with Gasteiger partial charge in [-0.2, -0.15) is 0 Å². The molecule has 1 aliphatic rings. The van der Waals surface area contributed by atoms with Gasteiger partial charge in [-0.3, -0.25) is 14.4 Å². The fraction of sp³-hybridized carbons (Fsp3) is 0.800. The lowest BCUT2D eigenvalue weighted by Gasteiger charge is -2.31. The van der Waals surface area contributed by atoms with Crippen molar-refractivity contribution in [2.45, 2.75) is 40.0 Å². The number of ether oxygens (including phenoxy) is 1. The number of amides is 2. The van der Waals surface area contributed by atoms with Gasteiger partial charge in [0.05, 0.1) is 13.0 Å². The Hall–Kier alpha value is -1.59. The summed E-state index contributed by atoms with van der Waals surface area (Å²) in [6.45, 7) is 6.90. The largest absolute Gasteiger partial charge is 0.469 e. The number of hydrogen-bond acceptors (Lipinski definition) is 4. The summed E-state index contributed by atoms with van der Waals surface area (Å²) in [6, 6.07) is 0. The molecule has 120 valence electrons. The minimum Gasteiger partial charge on any atom is -0.469 e. The number of carbonyl (C=O) groups is 3. The standard InChI is InChI=1S/C15H26N2O4/c1-15(2,3)14(20)16-8-7-12(18)17-9-5-6-11(10-17)13(19)21-4/h11H,5-10H2,1-4H3,(H,16,20). The predicted octanol–water partition coefficient (Wildman–Crippen LogP) is 0.950. The number of esters is 1. The average molecular weight is 298 g/mol. The van der Waals surface area contributed by atoms with Crippen LogP contribution in [-0.2, 0) is 19.1 Å². The molecule has 1 heterocycles. The second kappa shape index (κ2) is 7.43. The average Bonchev–Trinajstić information content (AvgIpc) is 2.45. The van der Waals surface area contributed by atoms with Gasteiger partial charge < -0.3 is 15.0 Å². The number of hydrogen-bond donors (Lipinski definition) is 1. The fourth-order valence-electron chi connectivity index (χ4n) is 2.27. The second-order valence-electron chi connectivity index (χ2n) is 6.46. The van der Waals surface area contributed by atoms with Crippen molar-refractivity contribution in [3.8, 4) is 0 Å². The lowest BCUT2D eigenvalue weighted by atomic mass is 9.95. The first-order valence-electron chi connectivity index (χ1n) is 7.39. The molecule has 1 fully saturated rings. The van der Waals surface area contributed by atoms with E-state index in [0.29, 0.717) is 19.6 Å². The zero-order valence-electron chi connectivity index (χ0n) is 13.4. The lowest BCUT2D eigenvalue weighted by Crippen LogP contribution is -2.44. The van der Waals surface area contributed by atoms with E-state index in [9.17, 15) is 14.4 Å². The fourth-order valence-corrected chi connectivity index (χ4v) is 2.27.